The van der Waals surface area contributed by atoms with Crippen LogP contribution < -0.4 is 5.73 Å². The number of imidazole rings is 1. The maximum absolute atomic E-state index is 5.51. The summed E-state index contributed by atoms with van der Waals surface area (Å²) in [5.41, 5.74) is 7.04. The van der Waals surface area contributed by atoms with Gasteiger partial charge in [0, 0.05) is 12.4 Å². The summed E-state index contributed by atoms with van der Waals surface area (Å²) in [5, 5.41) is 3.94. The van der Waals surface area contributed by atoms with E-state index in [-0.39, 0.29) is 24.8 Å². The minimum absolute atomic E-state index is 0. The number of aromatic amines is 1. The lowest BCUT2D eigenvalue weighted by molar-refractivity contribution is 0.973. The van der Waals surface area contributed by atoms with Crippen LogP contribution in [0.2, 0.25) is 0 Å². The Morgan fingerprint density at radius 1 is 1.45 bits per heavy atom. The second-order valence-electron chi connectivity index (χ2n) is 1.85. The van der Waals surface area contributed by atoms with Gasteiger partial charge in [-0.05, 0) is 0 Å². The molecule has 0 atom stereocenters. The Hall–Kier alpha value is -0.870. The molecular formula is C5H8Cl2N4. The third-order valence-corrected chi connectivity index (χ3v) is 1.26. The van der Waals surface area contributed by atoms with E-state index in [1.807, 2.05) is 6.20 Å². The first-order valence-corrected chi connectivity index (χ1v) is 2.64. The molecule has 0 aliphatic heterocycles. The molecule has 0 amide bonds. The summed E-state index contributed by atoms with van der Waals surface area (Å²) in [6.45, 7) is 0. The predicted molar refractivity (Wildman–Crippen MR) is 48.5 cm³/mol. The van der Waals surface area contributed by atoms with Crippen molar-refractivity contribution in [1.29, 1.82) is 0 Å². The van der Waals surface area contributed by atoms with Crippen LogP contribution in [-0.4, -0.2) is 14.6 Å². The molecule has 2 rings (SSSR count). The van der Waals surface area contributed by atoms with Gasteiger partial charge in [-0.1, -0.05) is 0 Å². The van der Waals surface area contributed by atoms with Gasteiger partial charge in [0.05, 0.1) is 11.9 Å². The van der Waals surface area contributed by atoms with Crippen LogP contribution in [0, 0.1) is 0 Å². The Bertz CT molecular complexity index is 326. The van der Waals surface area contributed by atoms with Crippen molar-refractivity contribution in [3.63, 3.8) is 0 Å². The summed E-state index contributed by atoms with van der Waals surface area (Å²) in [7, 11) is 0. The largest absolute Gasteiger partial charge is 0.394 e. The molecule has 0 spiro atoms. The molecule has 0 bridgehead atoms. The van der Waals surface area contributed by atoms with Gasteiger partial charge in [-0.3, -0.25) is 0 Å². The first-order valence-electron chi connectivity index (χ1n) is 2.64. The third-order valence-electron chi connectivity index (χ3n) is 1.26. The Kier molecular flexibility index (Phi) is 3.22. The standard InChI is InChI=1S/C5H6N4.2ClH/c6-4-3-8-9-2-1-7-5(4)9;;/h1-3,7H,6H2;2*1H. The Balaban J connectivity index is 0.000000500. The third kappa shape index (κ3) is 1.41. The second kappa shape index (κ2) is 3.50. The van der Waals surface area contributed by atoms with Crippen LogP contribution in [0.15, 0.2) is 18.6 Å². The van der Waals surface area contributed by atoms with Crippen molar-refractivity contribution < 1.29 is 0 Å². The number of hydrogen-bond donors (Lipinski definition) is 2. The highest BCUT2D eigenvalue weighted by molar-refractivity contribution is 5.85. The molecule has 0 unspecified atom stereocenters. The maximum Gasteiger partial charge on any atom is 0.156 e. The summed E-state index contributed by atoms with van der Waals surface area (Å²) in [5.74, 6) is 0. The van der Waals surface area contributed by atoms with Crippen LogP contribution >= 0.6 is 24.8 Å². The topological polar surface area (TPSA) is 59.1 Å². The molecule has 2 heterocycles. The Morgan fingerprint density at radius 3 is 2.82 bits per heavy atom. The van der Waals surface area contributed by atoms with Crippen LogP contribution in [0.4, 0.5) is 5.69 Å². The first-order chi connectivity index (χ1) is 4.38. The van der Waals surface area contributed by atoms with Gasteiger partial charge >= 0.3 is 0 Å². The predicted octanol–water partition coefficient (Wildman–Crippen LogP) is 1.09. The van der Waals surface area contributed by atoms with Gasteiger partial charge in [0.2, 0.25) is 0 Å². The molecule has 0 fully saturated rings. The Labute approximate surface area is 75.6 Å². The van der Waals surface area contributed by atoms with Gasteiger partial charge in [-0.2, -0.15) is 5.10 Å². The van der Waals surface area contributed by atoms with E-state index in [2.05, 4.69) is 10.1 Å². The molecule has 11 heavy (non-hydrogen) atoms. The number of nitrogens with one attached hydrogen (secondary N) is 1. The number of H-pyrrole nitrogens is 1. The zero-order valence-corrected chi connectivity index (χ0v) is 7.15. The van der Waals surface area contributed by atoms with Gasteiger partial charge in [0.25, 0.3) is 0 Å². The number of hydrogen-bond acceptors (Lipinski definition) is 2. The molecule has 0 aliphatic rings. The molecule has 6 heteroatoms. The van der Waals surface area contributed by atoms with E-state index in [0.717, 1.165) is 5.65 Å². The summed E-state index contributed by atoms with van der Waals surface area (Å²) in [6.07, 6.45) is 5.22. The fourth-order valence-corrected chi connectivity index (χ4v) is 0.825. The zero-order valence-electron chi connectivity index (χ0n) is 5.52. The van der Waals surface area contributed by atoms with E-state index in [4.69, 9.17) is 5.73 Å². The lowest BCUT2D eigenvalue weighted by Gasteiger charge is -1.78. The number of halogens is 2. The van der Waals surface area contributed by atoms with Gasteiger partial charge in [-0.25, -0.2) is 4.52 Å². The number of nitrogens with two attached hydrogens (primary N) is 1. The first kappa shape index (κ1) is 10.1. The van der Waals surface area contributed by atoms with E-state index in [1.165, 1.54) is 0 Å². The van der Waals surface area contributed by atoms with E-state index in [0.29, 0.717) is 5.69 Å². The van der Waals surface area contributed by atoms with Gasteiger partial charge in [0.1, 0.15) is 0 Å². The van der Waals surface area contributed by atoms with Crippen molar-refractivity contribution >= 4 is 36.1 Å². The van der Waals surface area contributed by atoms with Gasteiger partial charge in [-0.15, -0.1) is 24.8 Å². The summed E-state index contributed by atoms with van der Waals surface area (Å²) in [6, 6.07) is 0. The fraction of sp³-hybridized carbons (Fsp3) is 0. The highest BCUT2D eigenvalue weighted by Crippen LogP contribution is 2.07. The minimum atomic E-state index is 0. The molecular weight excluding hydrogens is 187 g/mol. The summed E-state index contributed by atoms with van der Waals surface area (Å²) >= 11 is 0. The number of nitrogen functional groups attached to an aromatic ring is 1. The van der Waals surface area contributed by atoms with Crippen molar-refractivity contribution in [3.8, 4) is 0 Å². The molecule has 2 aromatic heterocycles. The van der Waals surface area contributed by atoms with Crippen molar-refractivity contribution in [2.45, 2.75) is 0 Å². The molecule has 2 aromatic rings. The molecule has 0 aliphatic carbocycles. The van der Waals surface area contributed by atoms with Crippen molar-refractivity contribution in [2.24, 2.45) is 0 Å². The minimum Gasteiger partial charge on any atom is -0.394 e. The lowest BCUT2D eigenvalue weighted by Crippen LogP contribution is -1.81. The average molecular weight is 195 g/mol. The van der Waals surface area contributed by atoms with Crippen LogP contribution in [-0.2, 0) is 0 Å². The molecule has 0 aromatic carbocycles. The molecule has 62 valence electrons. The monoisotopic (exact) mass is 194 g/mol. The van der Waals surface area contributed by atoms with Crippen molar-refractivity contribution in [1.82, 2.24) is 14.6 Å². The molecule has 0 saturated carbocycles. The van der Waals surface area contributed by atoms with E-state index in [9.17, 15) is 0 Å². The summed E-state index contributed by atoms with van der Waals surface area (Å²) in [4.78, 5) is 2.94. The van der Waals surface area contributed by atoms with E-state index < -0.39 is 0 Å². The van der Waals surface area contributed by atoms with Gasteiger partial charge in [0.15, 0.2) is 5.65 Å². The van der Waals surface area contributed by atoms with E-state index >= 15 is 0 Å². The molecule has 3 N–H and O–H groups in total. The number of rotatable bonds is 0. The van der Waals surface area contributed by atoms with Crippen LogP contribution in [0.3, 0.4) is 0 Å². The molecule has 4 nitrogen and oxygen atoms in total. The molecule has 0 saturated heterocycles. The highest BCUT2D eigenvalue weighted by Gasteiger charge is 1.96. The average Bonchev–Trinajstić information content (AvgIpc) is 2.35. The SMILES string of the molecule is Cl.Cl.Nc1cnn2cc[nH]c12. The van der Waals surface area contributed by atoms with E-state index in [1.54, 1.807) is 16.9 Å². The number of nitrogens with zero attached hydrogens (tertiary/aromatic N) is 2. The van der Waals surface area contributed by atoms with Crippen LogP contribution in [0.1, 0.15) is 0 Å². The smallest absolute Gasteiger partial charge is 0.156 e. The number of fused-ring (bicyclic) bond motifs is 1. The maximum atomic E-state index is 5.51. The Morgan fingerprint density at radius 2 is 2.18 bits per heavy atom. The van der Waals surface area contributed by atoms with Crippen molar-refractivity contribution in [2.75, 3.05) is 5.73 Å². The van der Waals surface area contributed by atoms with Gasteiger partial charge < -0.3 is 10.7 Å². The quantitative estimate of drug-likeness (QED) is 0.660. The molecule has 0 radical (unpaired) electrons. The summed E-state index contributed by atoms with van der Waals surface area (Å²) < 4.78 is 1.69. The lowest BCUT2D eigenvalue weighted by atomic mass is 10.6. The number of aromatic nitrogens is 3. The fourth-order valence-electron chi connectivity index (χ4n) is 0.825. The second-order valence-corrected chi connectivity index (χ2v) is 1.85. The van der Waals surface area contributed by atoms with Crippen LogP contribution in [0.25, 0.3) is 5.65 Å². The number of anilines is 1. The highest BCUT2D eigenvalue weighted by atomic mass is 35.5. The van der Waals surface area contributed by atoms with Crippen LogP contribution in [0.5, 0.6) is 0 Å². The van der Waals surface area contributed by atoms with Crippen molar-refractivity contribution in [3.05, 3.63) is 18.6 Å². The zero-order chi connectivity index (χ0) is 6.27. The normalized spacial score (nSPS) is 8.73.